The molecular weight excluding hydrogens is 462 g/mol. The van der Waals surface area contributed by atoms with Crippen LogP contribution in [0.3, 0.4) is 0 Å². The van der Waals surface area contributed by atoms with Crippen LogP contribution in [-0.2, 0) is 0 Å². The lowest BCUT2D eigenvalue weighted by atomic mass is 10.1. The van der Waals surface area contributed by atoms with Crippen molar-refractivity contribution in [1.82, 2.24) is 14.1 Å². The van der Waals surface area contributed by atoms with Crippen LogP contribution in [0.5, 0.6) is 0 Å². The molecule has 3 heteroatoms. The van der Waals surface area contributed by atoms with Gasteiger partial charge in [-0.15, -0.1) is 0 Å². The number of para-hydroxylation sites is 3. The van der Waals surface area contributed by atoms with Crippen molar-refractivity contribution in [2.45, 2.75) is 0 Å². The van der Waals surface area contributed by atoms with Gasteiger partial charge >= 0.3 is 0 Å². The van der Waals surface area contributed by atoms with Crippen LogP contribution in [0.25, 0.3) is 66.2 Å². The van der Waals surface area contributed by atoms with E-state index in [0.29, 0.717) is 0 Å². The van der Waals surface area contributed by atoms with Crippen molar-refractivity contribution >= 4 is 43.6 Å². The van der Waals surface area contributed by atoms with Crippen LogP contribution in [0.15, 0.2) is 140 Å². The van der Waals surface area contributed by atoms with Gasteiger partial charge in [0, 0.05) is 44.7 Å². The molecule has 0 atom stereocenters. The molecule has 0 saturated carbocycles. The fourth-order valence-electron chi connectivity index (χ4n) is 5.86. The molecule has 8 rings (SSSR count). The Bertz CT molecular complexity index is 2120. The lowest BCUT2D eigenvalue weighted by Crippen LogP contribution is -1.96. The van der Waals surface area contributed by atoms with E-state index in [1.54, 1.807) is 0 Å². The number of hydrogen-bond donors (Lipinski definition) is 0. The average Bonchev–Trinajstić information content (AvgIpc) is 3.50. The van der Waals surface area contributed by atoms with Gasteiger partial charge in [-0.25, -0.2) is 0 Å². The zero-order valence-electron chi connectivity index (χ0n) is 20.6. The summed E-state index contributed by atoms with van der Waals surface area (Å²) in [5.41, 5.74) is 9.16. The summed E-state index contributed by atoms with van der Waals surface area (Å²) in [6.07, 6.45) is 2.02. The van der Waals surface area contributed by atoms with Crippen molar-refractivity contribution in [2.24, 2.45) is 0 Å². The molecule has 0 radical (unpaired) electrons. The lowest BCUT2D eigenvalue weighted by molar-refractivity contribution is 1.16. The Balaban J connectivity index is 1.44. The molecule has 0 bridgehead atoms. The summed E-state index contributed by atoms with van der Waals surface area (Å²) in [7, 11) is 0. The SMILES string of the molecule is c1ccc(-c2cc3c(cn2)c2ccccc2n3-c2ccc3c(c2)c2ccccc2n3-c2ccccc2)cc1. The molecule has 3 aromatic heterocycles. The van der Waals surface area contributed by atoms with E-state index in [-0.39, 0.29) is 0 Å². The monoisotopic (exact) mass is 485 g/mol. The predicted octanol–water partition coefficient (Wildman–Crippen LogP) is 8.94. The van der Waals surface area contributed by atoms with Crippen LogP contribution >= 0.6 is 0 Å². The average molecular weight is 486 g/mol. The highest BCUT2D eigenvalue weighted by Gasteiger charge is 2.17. The van der Waals surface area contributed by atoms with E-state index in [2.05, 4.69) is 137 Å². The molecule has 0 aliphatic carbocycles. The largest absolute Gasteiger partial charge is 0.309 e. The number of benzene rings is 5. The van der Waals surface area contributed by atoms with Gasteiger partial charge in [0.15, 0.2) is 0 Å². The molecule has 0 saturated heterocycles. The van der Waals surface area contributed by atoms with E-state index in [4.69, 9.17) is 4.98 Å². The number of aromatic nitrogens is 3. The third-order valence-electron chi connectivity index (χ3n) is 7.56. The standard InChI is InChI=1S/C35H23N3/c1-3-11-24(12-4-1)31-22-35-30(23-36-31)28-16-8-10-18-33(28)38(35)26-19-20-34-29(21-26)27-15-7-9-17-32(27)37(34)25-13-5-2-6-14-25/h1-23H. The summed E-state index contributed by atoms with van der Waals surface area (Å²) < 4.78 is 4.74. The third-order valence-corrected chi connectivity index (χ3v) is 7.56. The number of pyridine rings is 1. The van der Waals surface area contributed by atoms with E-state index in [1.165, 1.54) is 38.4 Å². The molecule has 0 fully saturated rings. The molecule has 3 nitrogen and oxygen atoms in total. The van der Waals surface area contributed by atoms with Gasteiger partial charge in [-0.1, -0.05) is 84.9 Å². The Labute approximate surface area is 219 Å². The molecule has 178 valence electrons. The second-order valence-corrected chi connectivity index (χ2v) is 9.69. The summed E-state index contributed by atoms with van der Waals surface area (Å²) >= 11 is 0. The summed E-state index contributed by atoms with van der Waals surface area (Å²) in [5, 5.41) is 4.86. The van der Waals surface area contributed by atoms with Gasteiger partial charge in [0.1, 0.15) is 0 Å². The maximum absolute atomic E-state index is 4.85. The van der Waals surface area contributed by atoms with Gasteiger partial charge in [0.2, 0.25) is 0 Å². The van der Waals surface area contributed by atoms with Crippen molar-refractivity contribution < 1.29 is 0 Å². The van der Waals surface area contributed by atoms with Crippen molar-refractivity contribution in [3.8, 4) is 22.6 Å². The molecule has 0 amide bonds. The molecule has 0 spiro atoms. The Morgan fingerprint density at radius 1 is 0.395 bits per heavy atom. The topological polar surface area (TPSA) is 22.8 Å². The molecule has 3 heterocycles. The molecule has 0 aliphatic heterocycles. The Kier molecular flexibility index (Phi) is 4.52. The van der Waals surface area contributed by atoms with Crippen LogP contribution in [0.2, 0.25) is 0 Å². The van der Waals surface area contributed by atoms with Crippen LogP contribution in [0, 0.1) is 0 Å². The predicted molar refractivity (Wildman–Crippen MR) is 158 cm³/mol. The normalized spacial score (nSPS) is 11.7. The first kappa shape index (κ1) is 21.0. The first-order valence-electron chi connectivity index (χ1n) is 12.9. The van der Waals surface area contributed by atoms with Crippen LogP contribution < -0.4 is 0 Å². The second kappa shape index (κ2) is 8.19. The maximum atomic E-state index is 4.85. The first-order chi connectivity index (χ1) is 18.9. The smallest absolute Gasteiger partial charge is 0.0723 e. The lowest BCUT2D eigenvalue weighted by Gasteiger charge is -2.11. The van der Waals surface area contributed by atoms with Gasteiger partial charge in [-0.05, 0) is 48.5 Å². The minimum atomic E-state index is 0.976. The Hall–Kier alpha value is -5.15. The molecule has 0 unspecified atom stereocenters. The van der Waals surface area contributed by atoms with Crippen molar-refractivity contribution in [3.05, 3.63) is 140 Å². The van der Waals surface area contributed by atoms with E-state index < -0.39 is 0 Å². The zero-order chi connectivity index (χ0) is 25.1. The number of hydrogen-bond acceptors (Lipinski definition) is 1. The molecular formula is C35H23N3. The summed E-state index contributed by atoms with van der Waals surface area (Å²) in [5.74, 6) is 0. The van der Waals surface area contributed by atoms with Crippen molar-refractivity contribution in [2.75, 3.05) is 0 Å². The minimum absolute atomic E-state index is 0.976. The summed E-state index contributed by atoms with van der Waals surface area (Å²) in [4.78, 5) is 4.85. The van der Waals surface area contributed by atoms with E-state index >= 15 is 0 Å². The van der Waals surface area contributed by atoms with E-state index in [0.717, 1.165) is 27.8 Å². The molecule has 38 heavy (non-hydrogen) atoms. The number of rotatable bonds is 3. The fraction of sp³-hybridized carbons (Fsp3) is 0. The van der Waals surface area contributed by atoms with Crippen LogP contribution in [0.4, 0.5) is 0 Å². The Morgan fingerprint density at radius 2 is 0.974 bits per heavy atom. The number of nitrogens with zero attached hydrogens (tertiary/aromatic N) is 3. The highest BCUT2D eigenvalue weighted by atomic mass is 15.0. The van der Waals surface area contributed by atoms with Gasteiger partial charge < -0.3 is 9.13 Å². The van der Waals surface area contributed by atoms with Gasteiger partial charge in [-0.2, -0.15) is 0 Å². The summed E-state index contributed by atoms with van der Waals surface area (Å²) in [6.45, 7) is 0. The first-order valence-corrected chi connectivity index (χ1v) is 12.9. The minimum Gasteiger partial charge on any atom is -0.309 e. The van der Waals surface area contributed by atoms with E-state index in [9.17, 15) is 0 Å². The Morgan fingerprint density at radius 3 is 1.71 bits per heavy atom. The van der Waals surface area contributed by atoms with Gasteiger partial charge in [0.25, 0.3) is 0 Å². The number of fused-ring (bicyclic) bond motifs is 6. The maximum Gasteiger partial charge on any atom is 0.0723 e. The molecule has 8 aromatic rings. The zero-order valence-corrected chi connectivity index (χ0v) is 20.6. The van der Waals surface area contributed by atoms with Crippen LogP contribution in [-0.4, -0.2) is 14.1 Å². The van der Waals surface area contributed by atoms with Crippen molar-refractivity contribution in [3.63, 3.8) is 0 Å². The van der Waals surface area contributed by atoms with Crippen molar-refractivity contribution in [1.29, 1.82) is 0 Å². The molecule has 5 aromatic carbocycles. The summed E-state index contributed by atoms with van der Waals surface area (Å²) in [6, 6.07) is 47.4. The van der Waals surface area contributed by atoms with E-state index in [1.807, 2.05) is 12.3 Å². The van der Waals surface area contributed by atoms with Crippen LogP contribution in [0.1, 0.15) is 0 Å². The fourth-order valence-corrected chi connectivity index (χ4v) is 5.86. The molecule has 0 N–H and O–H groups in total. The highest BCUT2D eigenvalue weighted by Crippen LogP contribution is 2.37. The third kappa shape index (κ3) is 3.06. The highest BCUT2D eigenvalue weighted by molar-refractivity contribution is 6.12. The second-order valence-electron chi connectivity index (χ2n) is 9.69. The quantitative estimate of drug-likeness (QED) is 0.245. The molecule has 0 aliphatic rings. The van der Waals surface area contributed by atoms with Gasteiger partial charge in [-0.3, -0.25) is 4.98 Å². The van der Waals surface area contributed by atoms with Gasteiger partial charge in [0.05, 0.1) is 27.8 Å².